The van der Waals surface area contributed by atoms with Gasteiger partial charge in [-0.2, -0.15) is 0 Å². The lowest BCUT2D eigenvalue weighted by Crippen LogP contribution is -2.16. The van der Waals surface area contributed by atoms with Crippen LogP contribution in [0, 0.1) is 6.92 Å². The van der Waals surface area contributed by atoms with E-state index in [0.29, 0.717) is 17.9 Å². The maximum atomic E-state index is 11.8. The molecule has 0 saturated carbocycles. The van der Waals surface area contributed by atoms with Gasteiger partial charge in [0.25, 0.3) is 5.56 Å². The average Bonchev–Trinajstić information content (AvgIpc) is 2.28. The number of aromatic nitrogens is 2. The zero-order valence-electron chi connectivity index (χ0n) is 9.95. The predicted octanol–water partition coefficient (Wildman–Crippen LogP) is 1.89. The molecule has 1 aromatic heterocycles. The van der Waals surface area contributed by atoms with Crippen molar-refractivity contribution in [2.45, 2.75) is 20.3 Å². The lowest BCUT2D eigenvalue weighted by atomic mass is 10.1. The second-order valence-electron chi connectivity index (χ2n) is 3.96. The zero-order chi connectivity index (χ0) is 12.4. The Balaban J connectivity index is 2.58. The van der Waals surface area contributed by atoms with E-state index in [1.165, 1.54) is 0 Å². The Kier molecular flexibility index (Phi) is 2.95. The number of aromatic amines is 1. The van der Waals surface area contributed by atoms with Crippen molar-refractivity contribution in [2.75, 3.05) is 5.73 Å². The maximum Gasteiger partial charge on any atom is 0.254 e. The molecule has 3 N–H and O–H groups in total. The monoisotopic (exact) mass is 229 g/mol. The summed E-state index contributed by atoms with van der Waals surface area (Å²) in [6, 6.07) is 7.31. The van der Waals surface area contributed by atoms with Gasteiger partial charge in [0.15, 0.2) is 0 Å². The van der Waals surface area contributed by atoms with Gasteiger partial charge < -0.3 is 10.7 Å². The van der Waals surface area contributed by atoms with E-state index in [1.807, 2.05) is 26.0 Å². The van der Waals surface area contributed by atoms with Crippen LogP contribution >= 0.6 is 0 Å². The minimum Gasteiger partial charge on any atom is -0.399 e. The van der Waals surface area contributed by atoms with Crippen LogP contribution in [-0.4, -0.2) is 9.97 Å². The second kappa shape index (κ2) is 4.41. The molecule has 2 aromatic rings. The summed E-state index contributed by atoms with van der Waals surface area (Å²) in [6.45, 7) is 3.79. The van der Waals surface area contributed by atoms with Crippen LogP contribution in [0.25, 0.3) is 11.4 Å². The number of hydrogen-bond acceptors (Lipinski definition) is 3. The smallest absolute Gasteiger partial charge is 0.254 e. The van der Waals surface area contributed by atoms with E-state index >= 15 is 0 Å². The van der Waals surface area contributed by atoms with Gasteiger partial charge in [0.2, 0.25) is 0 Å². The molecular formula is C13H15N3O. The van der Waals surface area contributed by atoms with Gasteiger partial charge in [0.1, 0.15) is 5.82 Å². The van der Waals surface area contributed by atoms with Crippen molar-refractivity contribution in [3.8, 4) is 11.4 Å². The quantitative estimate of drug-likeness (QED) is 0.772. The molecule has 2 rings (SSSR count). The summed E-state index contributed by atoms with van der Waals surface area (Å²) in [5, 5.41) is 0. The summed E-state index contributed by atoms with van der Waals surface area (Å²) < 4.78 is 0. The molecule has 0 aliphatic heterocycles. The zero-order valence-corrected chi connectivity index (χ0v) is 9.95. The Morgan fingerprint density at radius 1 is 1.41 bits per heavy atom. The summed E-state index contributed by atoms with van der Waals surface area (Å²) in [7, 11) is 0. The number of rotatable bonds is 2. The van der Waals surface area contributed by atoms with E-state index < -0.39 is 0 Å². The Bertz CT molecular complexity index is 602. The highest BCUT2D eigenvalue weighted by Crippen LogP contribution is 2.17. The molecule has 0 fully saturated rings. The van der Waals surface area contributed by atoms with Crippen LogP contribution in [-0.2, 0) is 6.42 Å². The molecule has 1 aromatic carbocycles. The van der Waals surface area contributed by atoms with Gasteiger partial charge in [0, 0.05) is 22.5 Å². The normalized spacial score (nSPS) is 10.5. The minimum atomic E-state index is -0.0718. The van der Waals surface area contributed by atoms with Crippen LogP contribution < -0.4 is 11.3 Å². The first-order valence-corrected chi connectivity index (χ1v) is 5.57. The highest BCUT2D eigenvalue weighted by molar-refractivity contribution is 5.61. The molecule has 17 heavy (non-hydrogen) atoms. The molecule has 0 unspecified atom stereocenters. The number of aryl methyl sites for hydroxylation is 1. The lowest BCUT2D eigenvalue weighted by Gasteiger charge is -2.06. The second-order valence-corrected chi connectivity index (χ2v) is 3.96. The number of nitrogens with zero attached hydrogens (tertiary/aromatic N) is 1. The summed E-state index contributed by atoms with van der Waals surface area (Å²) in [5.41, 5.74) is 8.62. The fourth-order valence-corrected chi connectivity index (χ4v) is 1.85. The van der Waals surface area contributed by atoms with Crippen molar-refractivity contribution in [2.24, 2.45) is 0 Å². The SMILES string of the molecule is CCc1c(C)nc(-c2cccc(N)c2)[nH]c1=O. The van der Waals surface area contributed by atoms with Crippen molar-refractivity contribution < 1.29 is 0 Å². The maximum absolute atomic E-state index is 11.8. The number of hydrogen-bond donors (Lipinski definition) is 2. The molecule has 4 nitrogen and oxygen atoms in total. The van der Waals surface area contributed by atoms with Crippen molar-refractivity contribution in [1.29, 1.82) is 0 Å². The van der Waals surface area contributed by atoms with Crippen LogP contribution in [0.3, 0.4) is 0 Å². The Morgan fingerprint density at radius 3 is 2.76 bits per heavy atom. The van der Waals surface area contributed by atoms with E-state index in [9.17, 15) is 4.79 Å². The summed E-state index contributed by atoms with van der Waals surface area (Å²) in [5.74, 6) is 0.567. The fourth-order valence-electron chi connectivity index (χ4n) is 1.85. The lowest BCUT2D eigenvalue weighted by molar-refractivity contribution is 0.968. The molecule has 0 saturated heterocycles. The predicted molar refractivity (Wildman–Crippen MR) is 68.8 cm³/mol. The van der Waals surface area contributed by atoms with Crippen molar-refractivity contribution in [1.82, 2.24) is 9.97 Å². The van der Waals surface area contributed by atoms with E-state index in [4.69, 9.17) is 5.73 Å². The van der Waals surface area contributed by atoms with Crippen LogP contribution in [0.1, 0.15) is 18.2 Å². The number of nitrogen functional groups attached to an aromatic ring is 1. The number of nitrogens with two attached hydrogens (primary N) is 1. The number of anilines is 1. The van der Waals surface area contributed by atoms with E-state index in [1.54, 1.807) is 12.1 Å². The molecule has 1 heterocycles. The third kappa shape index (κ3) is 2.20. The molecular weight excluding hydrogens is 214 g/mol. The molecule has 0 bridgehead atoms. The van der Waals surface area contributed by atoms with Crippen molar-refractivity contribution in [3.05, 3.63) is 45.9 Å². The van der Waals surface area contributed by atoms with Gasteiger partial charge in [-0.05, 0) is 25.5 Å². The van der Waals surface area contributed by atoms with E-state index in [2.05, 4.69) is 9.97 Å². The minimum absolute atomic E-state index is 0.0718. The highest BCUT2D eigenvalue weighted by Gasteiger charge is 2.07. The molecule has 0 spiro atoms. The number of H-pyrrole nitrogens is 1. The van der Waals surface area contributed by atoms with Gasteiger partial charge in [-0.15, -0.1) is 0 Å². The van der Waals surface area contributed by atoms with Gasteiger partial charge in [-0.1, -0.05) is 19.1 Å². The number of nitrogens with one attached hydrogen (secondary N) is 1. The molecule has 0 atom stereocenters. The Labute approximate surface area is 99.5 Å². The molecule has 0 aliphatic rings. The third-order valence-electron chi connectivity index (χ3n) is 2.74. The van der Waals surface area contributed by atoms with Crippen molar-refractivity contribution >= 4 is 5.69 Å². The van der Waals surface area contributed by atoms with Gasteiger partial charge in [-0.3, -0.25) is 4.79 Å². The van der Waals surface area contributed by atoms with Gasteiger partial charge in [-0.25, -0.2) is 4.98 Å². The Morgan fingerprint density at radius 2 is 2.18 bits per heavy atom. The molecule has 0 radical (unpaired) electrons. The average molecular weight is 229 g/mol. The van der Waals surface area contributed by atoms with Crippen molar-refractivity contribution in [3.63, 3.8) is 0 Å². The summed E-state index contributed by atoms with van der Waals surface area (Å²) >= 11 is 0. The van der Waals surface area contributed by atoms with E-state index in [-0.39, 0.29) is 5.56 Å². The highest BCUT2D eigenvalue weighted by atomic mass is 16.1. The van der Waals surface area contributed by atoms with Crippen LogP contribution in [0.4, 0.5) is 5.69 Å². The fraction of sp³-hybridized carbons (Fsp3) is 0.231. The topological polar surface area (TPSA) is 71.8 Å². The molecule has 0 aliphatic carbocycles. The Hall–Kier alpha value is -2.10. The van der Waals surface area contributed by atoms with Gasteiger partial charge >= 0.3 is 0 Å². The molecule has 0 amide bonds. The summed E-state index contributed by atoms with van der Waals surface area (Å²) in [4.78, 5) is 19.0. The van der Waals surface area contributed by atoms with Crippen LogP contribution in [0.15, 0.2) is 29.1 Å². The van der Waals surface area contributed by atoms with Crippen LogP contribution in [0.5, 0.6) is 0 Å². The first-order chi connectivity index (χ1) is 8.11. The summed E-state index contributed by atoms with van der Waals surface area (Å²) in [6.07, 6.45) is 0.686. The molecule has 4 heteroatoms. The first kappa shape index (κ1) is 11.4. The molecule has 88 valence electrons. The first-order valence-electron chi connectivity index (χ1n) is 5.57. The largest absolute Gasteiger partial charge is 0.399 e. The standard InChI is InChI=1S/C13H15N3O/c1-3-11-8(2)15-12(16-13(11)17)9-5-4-6-10(14)7-9/h4-7H,3,14H2,1-2H3,(H,15,16,17). The number of benzene rings is 1. The third-order valence-corrected chi connectivity index (χ3v) is 2.74. The van der Waals surface area contributed by atoms with E-state index in [0.717, 1.165) is 16.8 Å². The van der Waals surface area contributed by atoms with Crippen LogP contribution in [0.2, 0.25) is 0 Å². The van der Waals surface area contributed by atoms with Gasteiger partial charge in [0.05, 0.1) is 0 Å².